The first-order valence-electron chi connectivity index (χ1n) is 10.2. The monoisotopic (exact) mass is 379 g/mol. The van der Waals surface area contributed by atoms with Crippen molar-refractivity contribution in [3.05, 3.63) is 65.7 Å². The number of likely N-dealkylation sites (N-methyl/N-ethyl adjacent to an activating group) is 1. The number of anilines is 1. The summed E-state index contributed by atoms with van der Waals surface area (Å²) >= 11 is 0. The van der Waals surface area contributed by atoms with Gasteiger partial charge < -0.3 is 15.3 Å². The maximum absolute atomic E-state index is 12.2. The van der Waals surface area contributed by atoms with Crippen LogP contribution in [0.15, 0.2) is 54.6 Å². The second-order valence-electron chi connectivity index (χ2n) is 8.03. The number of benzene rings is 2. The standard InChI is InChI=1S/C23H29N3O2/c1-25(20-11-7-18(8-12-20)23(28)24-19-9-10-19)22(17-5-3-2-4-6-17)16-26-14-13-21(27)15-26/h2-8,11-12,19,21-22,27H,9-10,13-16H2,1H3,(H,24,28). The molecule has 1 saturated carbocycles. The van der Waals surface area contributed by atoms with Gasteiger partial charge in [-0.3, -0.25) is 9.69 Å². The van der Waals surface area contributed by atoms with Crippen LogP contribution in [0.2, 0.25) is 0 Å². The van der Waals surface area contributed by atoms with Crippen molar-refractivity contribution in [2.45, 2.75) is 37.5 Å². The summed E-state index contributed by atoms with van der Waals surface area (Å²) in [6, 6.07) is 18.9. The van der Waals surface area contributed by atoms with Crippen molar-refractivity contribution in [2.75, 3.05) is 31.6 Å². The molecule has 1 aliphatic heterocycles. The number of carbonyl (C=O) groups is 1. The first kappa shape index (κ1) is 19.0. The maximum Gasteiger partial charge on any atom is 0.251 e. The molecule has 2 unspecified atom stereocenters. The van der Waals surface area contributed by atoms with E-state index in [1.54, 1.807) is 0 Å². The van der Waals surface area contributed by atoms with Crippen LogP contribution >= 0.6 is 0 Å². The molecule has 2 aromatic rings. The molecule has 0 spiro atoms. The first-order chi connectivity index (χ1) is 13.6. The Labute approximate surface area is 167 Å². The Kier molecular flexibility index (Phi) is 5.64. The van der Waals surface area contributed by atoms with E-state index in [1.165, 1.54) is 5.56 Å². The molecule has 2 N–H and O–H groups in total. The molecule has 5 nitrogen and oxygen atoms in total. The van der Waals surface area contributed by atoms with Crippen LogP contribution in [0.5, 0.6) is 0 Å². The molecule has 5 heteroatoms. The van der Waals surface area contributed by atoms with Crippen molar-refractivity contribution in [1.82, 2.24) is 10.2 Å². The van der Waals surface area contributed by atoms with Gasteiger partial charge in [0.2, 0.25) is 0 Å². The van der Waals surface area contributed by atoms with Crippen LogP contribution in [0.1, 0.15) is 41.2 Å². The largest absolute Gasteiger partial charge is 0.392 e. The molecule has 28 heavy (non-hydrogen) atoms. The Hall–Kier alpha value is -2.37. The lowest BCUT2D eigenvalue weighted by Gasteiger charge is -2.33. The predicted molar refractivity (Wildman–Crippen MR) is 112 cm³/mol. The third-order valence-corrected chi connectivity index (χ3v) is 5.78. The molecule has 2 aliphatic rings. The summed E-state index contributed by atoms with van der Waals surface area (Å²) in [6.45, 7) is 2.53. The molecule has 0 aromatic heterocycles. The number of likely N-dealkylation sites (tertiary alicyclic amines) is 1. The van der Waals surface area contributed by atoms with E-state index in [0.29, 0.717) is 11.6 Å². The second kappa shape index (κ2) is 8.33. The average Bonchev–Trinajstić information content (AvgIpc) is 3.45. The van der Waals surface area contributed by atoms with E-state index in [4.69, 9.17) is 0 Å². The van der Waals surface area contributed by atoms with Crippen molar-refractivity contribution in [3.63, 3.8) is 0 Å². The molecular formula is C23H29N3O2. The molecule has 0 radical (unpaired) electrons. The van der Waals surface area contributed by atoms with E-state index in [-0.39, 0.29) is 18.1 Å². The van der Waals surface area contributed by atoms with Crippen molar-refractivity contribution >= 4 is 11.6 Å². The number of amides is 1. The molecule has 1 saturated heterocycles. The number of aliphatic hydroxyl groups excluding tert-OH is 1. The fourth-order valence-electron chi connectivity index (χ4n) is 3.87. The summed E-state index contributed by atoms with van der Waals surface area (Å²) in [7, 11) is 2.10. The zero-order chi connectivity index (χ0) is 19.5. The Bertz CT molecular complexity index is 789. The zero-order valence-corrected chi connectivity index (χ0v) is 16.4. The smallest absolute Gasteiger partial charge is 0.251 e. The van der Waals surface area contributed by atoms with Crippen molar-refractivity contribution in [2.24, 2.45) is 0 Å². The van der Waals surface area contributed by atoms with Crippen LogP contribution in [0.25, 0.3) is 0 Å². The minimum absolute atomic E-state index is 0.0161. The van der Waals surface area contributed by atoms with Crippen molar-refractivity contribution in [1.29, 1.82) is 0 Å². The Balaban J connectivity index is 1.50. The SMILES string of the molecule is CN(c1ccc(C(=O)NC2CC2)cc1)C(CN1CCC(O)C1)c1ccccc1. The van der Waals surface area contributed by atoms with Gasteiger partial charge in [-0.1, -0.05) is 30.3 Å². The number of nitrogens with one attached hydrogen (secondary N) is 1. The normalized spacial score (nSPS) is 20.7. The first-order valence-corrected chi connectivity index (χ1v) is 10.2. The molecular weight excluding hydrogens is 350 g/mol. The summed E-state index contributed by atoms with van der Waals surface area (Å²) < 4.78 is 0. The number of hydrogen-bond donors (Lipinski definition) is 2. The average molecular weight is 380 g/mol. The van der Waals surface area contributed by atoms with Gasteiger partial charge in [0.15, 0.2) is 0 Å². The number of hydrogen-bond acceptors (Lipinski definition) is 4. The number of rotatable bonds is 7. The summed E-state index contributed by atoms with van der Waals surface area (Å²) in [4.78, 5) is 16.8. The third-order valence-electron chi connectivity index (χ3n) is 5.78. The fourth-order valence-corrected chi connectivity index (χ4v) is 3.87. The quantitative estimate of drug-likeness (QED) is 0.777. The Morgan fingerprint density at radius 2 is 1.86 bits per heavy atom. The molecule has 4 rings (SSSR count). The topological polar surface area (TPSA) is 55.8 Å². The van der Waals surface area contributed by atoms with E-state index in [9.17, 15) is 9.90 Å². The van der Waals surface area contributed by atoms with Gasteiger partial charge in [-0.05, 0) is 49.1 Å². The summed E-state index contributed by atoms with van der Waals surface area (Å²) in [5, 5.41) is 12.9. The summed E-state index contributed by atoms with van der Waals surface area (Å²) in [5.74, 6) is 0.0161. The van der Waals surface area contributed by atoms with Crippen LogP contribution in [0.4, 0.5) is 5.69 Å². The highest BCUT2D eigenvalue weighted by molar-refractivity contribution is 5.94. The number of β-amino-alcohol motifs (C(OH)–C–C–N with tert-alkyl or cyclic N) is 1. The maximum atomic E-state index is 12.2. The summed E-state index contributed by atoms with van der Waals surface area (Å²) in [6.07, 6.45) is 2.81. The molecule has 2 fully saturated rings. The van der Waals surface area contributed by atoms with E-state index in [1.807, 2.05) is 30.3 Å². The van der Waals surface area contributed by atoms with Gasteiger partial charge in [-0.15, -0.1) is 0 Å². The van der Waals surface area contributed by atoms with Crippen LogP contribution in [0, 0.1) is 0 Å². The molecule has 1 amide bonds. The van der Waals surface area contributed by atoms with Crippen LogP contribution in [-0.4, -0.2) is 54.7 Å². The van der Waals surface area contributed by atoms with Gasteiger partial charge in [-0.25, -0.2) is 0 Å². The number of nitrogens with zero attached hydrogens (tertiary/aromatic N) is 2. The van der Waals surface area contributed by atoms with Gasteiger partial charge in [-0.2, -0.15) is 0 Å². The van der Waals surface area contributed by atoms with E-state index >= 15 is 0 Å². The molecule has 2 atom stereocenters. The molecule has 2 aromatic carbocycles. The van der Waals surface area contributed by atoms with Crippen LogP contribution < -0.4 is 10.2 Å². The van der Waals surface area contributed by atoms with E-state index in [0.717, 1.165) is 44.6 Å². The Morgan fingerprint density at radius 1 is 1.14 bits per heavy atom. The van der Waals surface area contributed by atoms with Gasteiger partial charge in [0.1, 0.15) is 0 Å². The predicted octanol–water partition coefficient (Wildman–Crippen LogP) is 2.82. The summed E-state index contributed by atoms with van der Waals surface area (Å²) in [5.41, 5.74) is 3.04. The highest BCUT2D eigenvalue weighted by Crippen LogP contribution is 2.28. The second-order valence-corrected chi connectivity index (χ2v) is 8.03. The lowest BCUT2D eigenvalue weighted by molar-refractivity contribution is 0.0951. The fraction of sp³-hybridized carbons (Fsp3) is 0.435. The van der Waals surface area contributed by atoms with Crippen molar-refractivity contribution in [3.8, 4) is 0 Å². The zero-order valence-electron chi connectivity index (χ0n) is 16.4. The van der Waals surface area contributed by atoms with Gasteiger partial charge >= 0.3 is 0 Å². The number of carbonyl (C=O) groups excluding carboxylic acids is 1. The minimum Gasteiger partial charge on any atom is -0.392 e. The van der Waals surface area contributed by atoms with E-state index in [2.05, 4.69) is 46.4 Å². The van der Waals surface area contributed by atoms with Gasteiger partial charge in [0.05, 0.1) is 12.1 Å². The van der Waals surface area contributed by atoms with Crippen LogP contribution in [0.3, 0.4) is 0 Å². The lowest BCUT2D eigenvalue weighted by Crippen LogP contribution is -2.36. The molecule has 148 valence electrons. The van der Waals surface area contributed by atoms with Crippen molar-refractivity contribution < 1.29 is 9.90 Å². The molecule has 1 aliphatic carbocycles. The lowest BCUT2D eigenvalue weighted by atomic mass is 10.0. The minimum atomic E-state index is -0.217. The van der Waals surface area contributed by atoms with E-state index < -0.39 is 0 Å². The van der Waals surface area contributed by atoms with Crippen LogP contribution in [-0.2, 0) is 0 Å². The molecule has 1 heterocycles. The molecule has 0 bridgehead atoms. The number of aliphatic hydroxyl groups is 1. The van der Waals surface area contributed by atoms with Gasteiger partial charge in [0.25, 0.3) is 5.91 Å². The third kappa shape index (κ3) is 4.54. The highest BCUT2D eigenvalue weighted by Gasteiger charge is 2.27. The van der Waals surface area contributed by atoms with Gasteiger partial charge in [0, 0.05) is 44.0 Å². The highest BCUT2D eigenvalue weighted by atomic mass is 16.3. The Morgan fingerprint density at radius 3 is 2.46 bits per heavy atom.